The van der Waals surface area contributed by atoms with Crippen LogP contribution in [0.5, 0.6) is 0 Å². The molecule has 0 saturated carbocycles. The number of carbonyl (C=O) groups is 1. The molecule has 0 aliphatic heterocycles. The van der Waals surface area contributed by atoms with Crippen LogP contribution in [-0.4, -0.2) is 18.7 Å². The van der Waals surface area contributed by atoms with Crippen LogP contribution in [0.4, 0.5) is 0 Å². The van der Waals surface area contributed by atoms with Crippen molar-refractivity contribution in [1.82, 2.24) is 5.32 Å². The second-order valence-electron chi connectivity index (χ2n) is 3.38. The van der Waals surface area contributed by atoms with Crippen molar-refractivity contribution in [2.75, 3.05) is 6.61 Å². The minimum Gasteiger partial charge on any atom is -0.332 e. The lowest BCUT2D eigenvalue weighted by Crippen LogP contribution is -2.35. The zero-order valence-electron chi connectivity index (χ0n) is 10.0. The van der Waals surface area contributed by atoms with E-state index in [-0.39, 0.29) is 12.2 Å². The van der Waals surface area contributed by atoms with E-state index >= 15 is 0 Å². The van der Waals surface area contributed by atoms with Gasteiger partial charge in [0, 0.05) is 15.6 Å². The van der Waals surface area contributed by atoms with Crippen molar-refractivity contribution in [3.8, 4) is 17.9 Å². The third-order valence-corrected chi connectivity index (χ3v) is 2.44. The first kappa shape index (κ1) is 15.3. The van der Waals surface area contributed by atoms with Crippen LogP contribution < -0.4 is 5.32 Å². The van der Waals surface area contributed by atoms with Gasteiger partial charge in [0.1, 0.15) is 12.7 Å². The molecule has 19 heavy (non-hydrogen) atoms. The molecule has 0 bridgehead atoms. The monoisotopic (exact) mass is 296 g/mol. The zero-order chi connectivity index (χ0) is 14.3. The maximum atomic E-state index is 11.9. The van der Waals surface area contributed by atoms with Gasteiger partial charge in [-0.15, -0.1) is 5.92 Å². The number of carbonyl (C=O) groups excluding carboxylic acids is 1. The molecule has 6 heteroatoms. The molecule has 1 rings (SSSR count). The lowest BCUT2D eigenvalue weighted by molar-refractivity contribution is 0.0685. The summed E-state index contributed by atoms with van der Waals surface area (Å²) in [5, 5.41) is 11.9. The van der Waals surface area contributed by atoms with Gasteiger partial charge in [-0.25, -0.2) is 0 Å². The molecule has 0 aromatic heterocycles. The van der Waals surface area contributed by atoms with Crippen LogP contribution in [-0.2, 0) is 4.74 Å². The SMILES string of the molecule is CC#CCOC(C#N)NC(=O)c1cc(Cl)cc(Cl)c1. The highest BCUT2D eigenvalue weighted by Crippen LogP contribution is 2.19. The summed E-state index contributed by atoms with van der Waals surface area (Å²) in [4.78, 5) is 11.9. The van der Waals surface area contributed by atoms with Gasteiger partial charge in [-0.3, -0.25) is 4.79 Å². The zero-order valence-corrected chi connectivity index (χ0v) is 11.5. The summed E-state index contributed by atoms with van der Waals surface area (Å²) in [6, 6.07) is 6.21. The van der Waals surface area contributed by atoms with Crippen molar-refractivity contribution >= 4 is 29.1 Å². The van der Waals surface area contributed by atoms with E-state index in [2.05, 4.69) is 17.2 Å². The van der Waals surface area contributed by atoms with E-state index in [0.29, 0.717) is 10.0 Å². The molecule has 1 atom stereocenters. The number of hydrogen-bond donors (Lipinski definition) is 1. The third-order valence-electron chi connectivity index (χ3n) is 2.00. The fourth-order valence-corrected chi connectivity index (χ4v) is 1.72. The van der Waals surface area contributed by atoms with Crippen molar-refractivity contribution < 1.29 is 9.53 Å². The summed E-state index contributed by atoms with van der Waals surface area (Å²) < 4.78 is 5.05. The van der Waals surface area contributed by atoms with Crippen molar-refractivity contribution in [3.05, 3.63) is 33.8 Å². The van der Waals surface area contributed by atoms with Crippen molar-refractivity contribution in [2.24, 2.45) is 0 Å². The number of hydrogen-bond acceptors (Lipinski definition) is 3. The van der Waals surface area contributed by atoms with E-state index in [0.717, 1.165) is 0 Å². The Morgan fingerprint density at radius 3 is 2.58 bits per heavy atom. The van der Waals surface area contributed by atoms with E-state index in [9.17, 15) is 4.79 Å². The van der Waals surface area contributed by atoms with E-state index in [1.807, 2.05) is 0 Å². The molecule has 1 N–H and O–H groups in total. The smallest absolute Gasteiger partial charge is 0.254 e. The Hall–Kier alpha value is -1.72. The first-order chi connectivity index (χ1) is 9.06. The highest BCUT2D eigenvalue weighted by atomic mass is 35.5. The first-order valence-electron chi connectivity index (χ1n) is 5.24. The van der Waals surface area contributed by atoms with Gasteiger partial charge in [0.25, 0.3) is 5.91 Å². The highest BCUT2D eigenvalue weighted by Gasteiger charge is 2.14. The molecule has 1 unspecified atom stereocenters. The average molecular weight is 297 g/mol. The van der Waals surface area contributed by atoms with Gasteiger partial charge in [0.15, 0.2) is 0 Å². The first-order valence-corrected chi connectivity index (χ1v) is 6.00. The number of ether oxygens (including phenoxy) is 1. The predicted molar refractivity (Wildman–Crippen MR) is 72.7 cm³/mol. The third kappa shape index (κ3) is 5.19. The number of rotatable bonds is 4. The van der Waals surface area contributed by atoms with Gasteiger partial charge in [-0.2, -0.15) is 5.26 Å². The molecule has 0 fully saturated rings. The molecule has 1 amide bonds. The van der Waals surface area contributed by atoms with Crippen molar-refractivity contribution in [2.45, 2.75) is 13.2 Å². The molecule has 0 radical (unpaired) electrons. The summed E-state index contributed by atoms with van der Waals surface area (Å²) in [5.41, 5.74) is 0.253. The molecule has 1 aromatic rings. The van der Waals surface area contributed by atoms with E-state index in [1.165, 1.54) is 18.2 Å². The second-order valence-corrected chi connectivity index (χ2v) is 4.25. The molecule has 0 heterocycles. The van der Waals surface area contributed by atoms with Crippen LogP contribution in [0.25, 0.3) is 0 Å². The molecule has 0 aliphatic carbocycles. The fraction of sp³-hybridized carbons (Fsp3) is 0.231. The van der Waals surface area contributed by atoms with Crippen LogP contribution in [0.15, 0.2) is 18.2 Å². The lowest BCUT2D eigenvalue weighted by atomic mass is 10.2. The highest BCUT2D eigenvalue weighted by molar-refractivity contribution is 6.35. The Bertz CT molecular complexity index is 550. The number of nitrogens with one attached hydrogen (secondary N) is 1. The van der Waals surface area contributed by atoms with Crippen LogP contribution in [0.3, 0.4) is 0 Å². The summed E-state index contributed by atoms with van der Waals surface area (Å²) in [7, 11) is 0. The molecule has 1 aromatic carbocycles. The lowest BCUT2D eigenvalue weighted by Gasteiger charge is -2.11. The summed E-state index contributed by atoms with van der Waals surface area (Å²) in [6.07, 6.45) is -1.08. The van der Waals surface area contributed by atoms with Gasteiger partial charge >= 0.3 is 0 Å². The van der Waals surface area contributed by atoms with Crippen LogP contribution in [0.1, 0.15) is 17.3 Å². The van der Waals surface area contributed by atoms with Gasteiger partial charge in [0.05, 0.1) is 0 Å². The Labute approximate surface area is 121 Å². The van der Waals surface area contributed by atoms with E-state index in [1.54, 1.807) is 13.0 Å². The maximum Gasteiger partial charge on any atom is 0.254 e. The molecule has 0 spiro atoms. The predicted octanol–water partition coefficient (Wildman–Crippen LogP) is 2.61. The largest absolute Gasteiger partial charge is 0.332 e. The van der Waals surface area contributed by atoms with Crippen LogP contribution >= 0.6 is 23.2 Å². The van der Waals surface area contributed by atoms with Crippen LogP contribution in [0.2, 0.25) is 10.0 Å². The minimum absolute atomic E-state index is 0.0608. The molecular weight excluding hydrogens is 287 g/mol. The normalized spacial score (nSPS) is 10.8. The number of benzene rings is 1. The van der Waals surface area contributed by atoms with Crippen LogP contribution in [0, 0.1) is 23.2 Å². The topological polar surface area (TPSA) is 62.1 Å². The molecule has 98 valence electrons. The Morgan fingerprint density at radius 2 is 2.05 bits per heavy atom. The van der Waals surface area contributed by atoms with E-state index < -0.39 is 12.1 Å². The fourth-order valence-electron chi connectivity index (χ4n) is 1.20. The summed E-state index contributed by atoms with van der Waals surface area (Å²) >= 11 is 11.6. The Kier molecular flexibility index (Phi) is 6.18. The number of amides is 1. The number of nitrogens with zero attached hydrogens (tertiary/aromatic N) is 1. The van der Waals surface area contributed by atoms with Gasteiger partial charge in [-0.05, 0) is 25.1 Å². The minimum atomic E-state index is -1.08. The summed E-state index contributed by atoms with van der Waals surface area (Å²) in [6.45, 7) is 1.71. The Morgan fingerprint density at radius 1 is 1.42 bits per heavy atom. The summed E-state index contributed by atoms with van der Waals surface area (Å²) in [5.74, 6) is 4.74. The molecular formula is C13H10Cl2N2O2. The average Bonchev–Trinajstić information content (AvgIpc) is 2.36. The number of nitriles is 1. The van der Waals surface area contributed by atoms with Gasteiger partial charge in [0.2, 0.25) is 6.23 Å². The quantitative estimate of drug-likeness (QED) is 0.686. The molecule has 4 nitrogen and oxygen atoms in total. The van der Waals surface area contributed by atoms with Crippen molar-refractivity contribution in [3.63, 3.8) is 0 Å². The van der Waals surface area contributed by atoms with Gasteiger partial charge < -0.3 is 10.1 Å². The van der Waals surface area contributed by atoms with E-state index in [4.69, 9.17) is 33.2 Å². The second kappa shape index (κ2) is 7.66. The molecule has 0 saturated heterocycles. The molecule has 0 aliphatic rings. The van der Waals surface area contributed by atoms with Crippen molar-refractivity contribution in [1.29, 1.82) is 5.26 Å². The Balaban J connectivity index is 2.71. The van der Waals surface area contributed by atoms with Gasteiger partial charge in [-0.1, -0.05) is 29.1 Å². The maximum absolute atomic E-state index is 11.9. The standard InChI is InChI=1S/C13H10Cl2N2O2/c1-2-3-4-19-12(8-16)17-13(18)9-5-10(14)7-11(15)6-9/h5-7,12H,4H2,1H3,(H,17,18). The number of halogens is 2.